The van der Waals surface area contributed by atoms with Crippen molar-refractivity contribution >= 4 is 22.3 Å². The van der Waals surface area contributed by atoms with E-state index in [0.29, 0.717) is 5.69 Å². The van der Waals surface area contributed by atoms with Gasteiger partial charge in [0.25, 0.3) is 0 Å². The van der Waals surface area contributed by atoms with E-state index in [0.717, 1.165) is 5.13 Å². The van der Waals surface area contributed by atoms with Crippen molar-refractivity contribution in [3.8, 4) is 0 Å². The number of carbonyl (C=O) groups excluding carboxylic acids is 1. The summed E-state index contributed by atoms with van der Waals surface area (Å²) in [5.74, 6) is 0.0122. The van der Waals surface area contributed by atoms with Crippen LogP contribution in [-0.4, -0.2) is 16.3 Å². The summed E-state index contributed by atoms with van der Waals surface area (Å²) < 4.78 is 0. The molecule has 1 aromatic heterocycles. The van der Waals surface area contributed by atoms with Crippen LogP contribution in [0.15, 0.2) is 5.38 Å². The Kier molecular flexibility index (Phi) is 2.71. The van der Waals surface area contributed by atoms with Crippen LogP contribution < -0.4 is 5.32 Å². The monoisotopic (exact) mass is 198 g/mol. The predicted molar refractivity (Wildman–Crippen MR) is 55.5 cm³/mol. The lowest BCUT2D eigenvalue weighted by atomic mass is 10.1. The molecule has 1 aromatic rings. The van der Waals surface area contributed by atoms with Gasteiger partial charge in [-0.15, -0.1) is 11.3 Å². The van der Waals surface area contributed by atoms with Gasteiger partial charge in [-0.2, -0.15) is 0 Å². The lowest BCUT2D eigenvalue weighted by Crippen LogP contribution is -2.25. The summed E-state index contributed by atoms with van der Waals surface area (Å²) in [6.45, 7) is 7.70. The SMILES string of the molecule is CC(=O)c1csc(NC(C)(C)C)n1. The van der Waals surface area contributed by atoms with E-state index in [1.54, 1.807) is 5.38 Å². The van der Waals surface area contributed by atoms with Crippen molar-refractivity contribution in [3.05, 3.63) is 11.1 Å². The number of hydrogen-bond donors (Lipinski definition) is 1. The van der Waals surface area contributed by atoms with Gasteiger partial charge in [0.05, 0.1) is 0 Å². The molecular formula is C9H14N2OS. The molecule has 0 unspecified atom stereocenters. The molecule has 0 spiro atoms. The van der Waals surface area contributed by atoms with E-state index >= 15 is 0 Å². The number of carbonyl (C=O) groups is 1. The van der Waals surface area contributed by atoms with Crippen LogP contribution in [0.1, 0.15) is 38.2 Å². The number of nitrogens with zero attached hydrogens (tertiary/aromatic N) is 1. The Morgan fingerprint density at radius 3 is 2.54 bits per heavy atom. The maximum atomic E-state index is 10.9. The van der Waals surface area contributed by atoms with Crippen molar-refractivity contribution in [2.45, 2.75) is 33.2 Å². The van der Waals surface area contributed by atoms with Gasteiger partial charge in [-0.25, -0.2) is 4.98 Å². The molecule has 1 N–H and O–H groups in total. The summed E-state index contributed by atoms with van der Waals surface area (Å²) in [7, 11) is 0. The molecule has 0 amide bonds. The highest BCUT2D eigenvalue weighted by Crippen LogP contribution is 2.19. The van der Waals surface area contributed by atoms with Gasteiger partial charge in [0.1, 0.15) is 5.69 Å². The highest BCUT2D eigenvalue weighted by Gasteiger charge is 2.12. The Labute approximate surface area is 82.2 Å². The predicted octanol–water partition coefficient (Wildman–Crippen LogP) is 2.56. The smallest absolute Gasteiger partial charge is 0.183 e. The van der Waals surface area contributed by atoms with E-state index in [-0.39, 0.29) is 11.3 Å². The summed E-state index contributed by atoms with van der Waals surface area (Å²) in [6, 6.07) is 0. The molecule has 0 aliphatic heterocycles. The molecule has 0 aliphatic carbocycles. The molecule has 0 aliphatic rings. The van der Waals surface area contributed by atoms with Crippen LogP contribution in [-0.2, 0) is 0 Å². The third-order valence-electron chi connectivity index (χ3n) is 1.35. The highest BCUT2D eigenvalue weighted by molar-refractivity contribution is 7.13. The number of rotatable bonds is 2. The topological polar surface area (TPSA) is 42.0 Å². The minimum Gasteiger partial charge on any atom is -0.357 e. The number of thiazole rings is 1. The average molecular weight is 198 g/mol. The maximum Gasteiger partial charge on any atom is 0.183 e. The molecule has 1 rings (SSSR count). The molecule has 3 nitrogen and oxygen atoms in total. The molecule has 0 saturated carbocycles. The first-order chi connectivity index (χ1) is 5.88. The minimum atomic E-state index is -0.00802. The van der Waals surface area contributed by atoms with Gasteiger partial charge in [0.15, 0.2) is 10.9 Å². The fourth-order valence-corrected chi connectivity index (χ4v) is 1.77. The van der Waals surface area contributed by atoms with Gasteiger partial charge < -0.3 is 5.32 Å². The fourth-order valence-electron chi connectivity index (χ4n) is 0.814. The van der Waals surface area contributed by atoms with Crippen molar-refractivity contribution in [3.63, 3.8) is 0 Å². The van der Waals surface area contributed by atoms with Gasteiger partial charge >= 0.3 is 0 Å². The van der Waals surface area contributed by atoms with Crippen LogP contribution in [0.25, 0.3) is 0 Å². The minimum absolute atomic E-state index is 0.00802. The zero-order chi connectivity index (χ0) is 10.1. The van der Waals surface area contributed by atoms with Gasteiger partial charge in [0.2, 0.25) is 0 Å². The Hall–Kier alpha value is -0.900. The normalized spacial score (nSPS) is 11.4. The molecule has 13 heavy (non-hydrogen) atoms. The van der Waals surface area contributed by atoms with Crippen LogP contribution in [0, 0.1) is 0 Å². The van der Waals surface area contributed by atoms with Crippen molar-refractivity contribution in [1.82, 2.24) is 4.98 Å². The molecule has 4 heteroatoms. The number of anilines is 1. The molecule has 0 atom stereocenters. The first kappa shape index (κ1) is 10.2. The van der Waals surface area contributed by atoms with E-state index in [4.69, 9.17) is 0 Å². The summed E-state index contributed by atoms with van der Waals surface area (Å²) in [5.41, 5.74) is 0.531. The first-order valence-electron chi connectivity index (χ1n) is 4.13. The number of hydrogen-bond acceptors (Lipinski definition) is 4. The zero-order valence-electron chi connectivity index (χ0n) is 8.34. The molecule has 0 saturated heterocycles. The van der Waals surface area contributed by atoms with Crippen LogP contribution in [0.5, 0.6) is 0 Å². The standard InChI is InChI=1S/C9H14N2OS/c1-6(12)7-5-13-8(10-7)11-9(2,3)4/h5H,1-4H3,(H,10,11). The Bertz CT molecular complexity index is 312. The molecule has 72 valence electrons. The fraction of sp³-hybridized carbons (Fsp3) is 0.556. The molecule has 1 heterocycles. The summed E-state index contributed by atoms with van der Waals surface area (Å²) >= 11 is 1.46. The van der Waals surface area contributed by atoms with E-state index in [1.807, 2.05) is 0 Å². The van der Waals surface area contributed by atoms with E-state index < -0.39 is 0 Å². The first-order valence-corrected chi connectivity index (χ1v) is 5.01. The van der Waals surface area contributed by atoms with Crippen LogP contribution in [0.3, 0.4) is 0 Å². The molecular weight excluding hydrogens is 184 g/mol. The van der Waals surface area contributed by atoms with Crippen molar-refractivity contribution in [2.75, 3.05) is 5.32 Å². The van der Waals surface area contributed by atoms with E-state index in [2.05, 4.69) is 31.1 Å². The van der Waals surface area contributed by atoms with Crippen molar-refractivity contribution < 1.29 is 4.79 Å². The Morgan fingerprint density at radius 2 is 2.15 bits per heavy atom. The number of ketones is 1. The quantitative estimate of drug-likeness (QED) is 0.742. The summed E-state index contributed by atoms with van der Waals surface area (Å²) in [5, 5.41) is 5.79. The average Bonchev–Trinajstić information content (AvgIpc) is 2.31. The summed E-state index contributed by atoms with van der Waals surface area (Å²) in [6.07, 6.45) is 0. The van der Waals surface area contributed by atoms with Crippen LogP contribution in [0.4, 0.5) is 5.13 Å². The number of nitrogens with one attached hydrogen (secondary N) is 1. The lowest BCUT2D eigenvalue weighted by molar-refractivity contribution is 0.101. The number of aromatic nitrogens is 1. The zero-order valence-corrected chi connectivity index (χ0v) is 9.16. The molecule has 0 fully saturated rings. The highest BCUT2D eigenvalue weighted by atomic mass is 32.1. The molecule has 0 aromatic carbocycles. The second kappa shape index (κ2) is 3.46. The van der Waals surface area contributed by atoms with Gasteiger partial charge in [0, 0.05) is 17.8 Å². The number of Topliss-reactive ketones (excluding diaryl/α,β-unsaturated/α-hetero) is 1. The molecule has 0 radical (unpaired) electrons. The third kappa shape index (κ3) is 3.14. The van der Waals surface area contributed by atoms with Gasteiger partial charge in [-0.3, -0.25) is 4.79 Å². The van der Waals surface area contributed by atoms with E-state index in [1.165, 1.54) is 18.3 Å². The van der Waals surface area contributed by atoms with Gasteiger partial charge in [-0.1, -0.05) is 0 Å². The largest absolute Gasteiger partial charge is 0.357 e. The van der Waals surface area contributed by atoms with Crippen LogP contribution in [0.2, 0.25) is 0 Å². The lowest BCUT2D eigenvalue weighted by Gasteiger charge is -2.19. The van der Waals surface area contributed by atoms with Crippen LogP contribution >= 0.6 is 11.3 Å². The van der Waals surface area contributed by atoms with Gasteiger partial charge in [-0.05, 0) is 20.8 Å². The second-order valence-corrected chi connectivity index (χ2v) is 4.83. The Morgan fingerprint density at radius 1 is 1.54 bits per heavy atom. The second-order valence-electron chi connectivity index (χ2n) is 3.97. The van der Waals surface area contributed by atoms with Crippen molar-refractivity contribution in [1.29, 1.82) is 0 Å². The maximum absolute atomic E-state index is 10.9. The summed E-state index contributed by atoms with van der Waals surface area (Å²) in [4.78, 5) is 15.1. The van der Waals surface area contributed by atoms with E-state index in [9.17, 15) is 4.79 Å². The van der Waals surface area contributed by atoms with Crippen molar-refractivity contribution in [2.24, 2.45) is 0 Å². The Balaban J connectivity index is 2.75. The molecule has 0 bridgehead atoms. The third-order valence-corrected chi connectivity index (χ3v) is 2.10.